The molecule has 4 N–H and O–H groups in total. The fourth-order valence-electron chi connectivity index (χ4n) is 5.68. The normalized spacial score (nSPS) is 17.2. The van der Waals surface area contributed by atoms with Gasteiger partial charge in [-0.15, -0.1) is 0 Å². The molecular weight excluding hydrogens is 536 g/mol. The summed E-state index contributed by atoms with van der Waals surface area (Å²) in [6, 6.07) is 19.0. The lowest BCUT2D eigenvalue weighted by atomic mass is 9.81. The van der Waals surface area contributed by atoms with Gasteiger partial charge in [-0.2, -0.15) is 0 Å². The Morgan fingerprint density at radius 1 is 0.860 bits per heavy atom. The fraction of sp³-hybridized carbons (Fsp3) is 0.472. The Balaban J connectivity index is 1.37. The van der Waals surface area contributed by atoms with E-state index in [9.17, 15) is 9.59 Å². The molecule has 4 rings (SSSR count). The van der Waals surface area contributed by atoms with Gasteiger partial charge in [0.1, 0.15) is 18.4 Å². The van der Waals surface area contributed by atoms with Crippen molar-refractivity contribution in [2.45, 2.75) is 90.2 Å². The van der Waals surface area contributed by atoms with Gasteiger partial charge in [0, 0.05) is 30.4 Å². The lowest BCUT2D eigenvalue weighted by Gasteiger charge is -2.28. The molecule has 0 saturated heterocycles. The van der Waals surface area contributed by atoms with Crippen LogP contribution in [0.3, 0.4) is 0 Å². The third-order valence-electron chi connectivity index (χ3n) is 8.49. The van der Waals surface area contributed by atoms with Crippen molar-refractivity contribution in [1.82, 2.24) is 10.3 Å². The lowest BCUT2D eigenvalue weighted by molar-refractivity contribution is -0.130. The SMILES string of the molecule is CCCCCCCc1ccc(NC(=O)C(Cc2ccc(OCc3ccncc3)cc2)NC(=O)C2CCC(CN)CC2)cc1. The Hall–Kier alpha value is -3.71. The van der Waals surface area contributed by atoms with E-state index in [-0.39, 0.29) is 17.7 Å². The number of nitrogens with two attached hydrogens (primary N) is 1. The maximum absolute atomic E-state index is 13.5. The summed E-state index contributed by atoms with van der Waals surface area (Å²) in [5.74, 6) is 0.883. The summed E-state index contributed by atoms with van der Waals surface area (Å²) in [7, 11) is 0. The smallest absolute Gasteiger partial charge is 0.247 e. The molecule has 0 bridgehead atoms. The van der Waals surface area contributed by atoms with E-state index in [4.69, 9.17) is 10.5 Å². The highest BCUT2D eigenvalue weighted by atomic mass is 16.5. The van der Waals surface area contributed by atoms with Gasteiger partial charge >= 0.3 is 0 Å². The molecule has 1 aliphatic rings. The van der Waals surface area contributed by atoms with Gasteiger partial charge in [-0.3, -0.25) is 14.6 Å². The number of amides is 2. The second kappa shape index (κ2) is 17.4. The van der Waals surface area contributed by atoms with Crippen molar-refractivity contribution in [3.63, 3.8) is 0 Å². The first-order valence-corrected chi connectivity index (χ1v) is 16.0. The first-order chi connectivity index (χ1) is 21.0. The van der Waals surface area contributed by atoms with Gasteiger partial charge in [0.2, 0.25) is 11.8 Å². The van der Waals surface area contributed by atoms with E-state index in [1.165, 1.54) is 37.7 Å². The molecule has 0 radical (unpaired) electrons. The third kappa shape index (κ3) is 10.8. The van der Waals surface area contributed by atoms with Gasteiger partial charge in [0.25, 0.3) is 0 Å². The third-order valence-corrected chi connectivity index (χ3v) is 8.49. The zero-order chi connectivity index (χ0) is 30.3. The van der Waals surface area contributed by atoms with Crippen molar-refractivity contribution < 1.29 is 14.3 Å². The first-order valence-electron chi connectivity index (χ1n) is 16.0. The Bertz CT molecular complexity index is 1240. The van der Waals surface area contributed by atoms with E-state index < -0.39 is 6.04 Å². The van der Waals surface area contributed by atoms with Crippen LogP contribution in [0.5, 0.6) is 5.75 Å². The quantitative estimate of drug-likeness (QED) is 0.164. The molecule has 2 aromatic carbocycles. The van der Waals surface area contributed by atoms with Crippen LogP contribution in [0.2, 0.25) is 0 Å². The van der Waals surface area contributed by atoms with Crippen LogP contribution in [0.15, 0.2) is 73.1 Å². The lowest BCUT2D eigenvalue weighted by Crippen LogP contribution is -2.48. The Labute approximate surface area is 257 Å². The summed E-state index contributed by atoms with van der Waals surface area (Å²) in [6.07, 6.45) is 14.7. The monoisotopic (exact) mass is 584 g/mol. The van der Waals surface area contributed by atoms with Crippen LogP contribution in [0.1, 0.15) is 81.4 Å². The van der Waals surface area contributed by atoms with Crippen LogP contribution >= 0.6 is 0 Å². The van der Waals surface area contributed by atoms with Crippen LogP contribution in [0, 0.1) is 11.8 Å². The van der Waals surface area contributed by atoms with E-state index in [1.807, 2.05) is 48.5 Å². The number of aryl methyl sites for hydroxylation is 1. The molecule has 230 valence electrons. The molecule has 2 amide bonds. The zero-order valence-electron chi connectivity index (χ0n) is 25.6. The summed E-state index contributed by atoms with van der Waals surface area (Å²) >= 11 is 0. The minimum atomic E-state index is -0.693. The number of unbranched alkanes of at least 4 members (excludes halogenated alkanes) is 4. The van der Waals surface area contributed by atoms with Crippen LogP contribution in [-0.2, 0) is 29.0 Å². The maximum atomic E-state index is 13.5. The van der Waals surface area contributed by atoms with E-state index in [2.05, 4.69) is 34.7 Å². The number of benzene rings is 2. The molecule has 1 aliphatic carbocycles. The van der Waals surface area contributed by atoms with Crippen molar-refractivity contribution in [2.24, 2.45) is 17.6 Å². The Morgan fingerprint density at radius 3 is 2.21 bits per heavy atom. The second-order valence-corrected chi connectivity index (χ2v) is 11.9. The van der Waals surface area contributed by atoms with E-state index in [0.29, 0.717) is 25.5 Å². The zero-order valence-corrected chi connectivity index (χ0v) is 25.6. The summed E-state index contributed by atoms with van der Waals surface area (Å²) in [5, 5.41) is 6.13. The highest BCUT2D eigenvalue weighted by Gasteiger charge is 2.29. The van der Waals surface area contributed by atoms with Crippen molar-refractivity contribution in [3.05, 3.63) is 89.7 Å². The number of nitrogens with one attached hydrogen (secondary N) is 2. The molecule has 1 unspecified atom stereocenters. The molecule has 0 aliphatic heterocycles. The van der Waals surface area contributed by atoms with Crippen molar-refractivity contribution >= 4 is 17.5 Å². The van der Waals surface area contributed by atoms with Crippen molar-refractivity contribution in [3.8, 4) is 5.75 Å². The van der Waals surface area contributed by atoms with Crippen molar-refractivity contribution in [1.29, 1.82) is 0 Å². The molecular formula is C36H48N4O3. The number of carbonyl (C=O) groups excluding carboxylic acids is 2. The topological polar surface area (TPSA) is 106 Å². The van der Waals surface area contributed by atoms with Gasteiger partial charge in [-0.05, 0) is 104 Å². The summed E-state index contributed by atoms with van der Waals surface area (Å²) in [5.41, 5.74) is 9.85. The standard InChI is InChI=1S/C36H48N4O3/c1-2-3-4-5-6-7-27-10-16-32(17-11-27)39-36(42)34(40-35(41)31-14-8-29(25-37)9-15-31)24-28-12-18-33(19-13-28)43-26-30-20-22-38-23-21-30/h10-13,16-23,29,31,34H,2-9,14-15,24-26,37H2,1H3,(H,39,42)(H,40,41). The highest BCUT2D eigenvalue weighted by molar-refractivity contribution is 5.97. The molecule has 7 heteroatoms. The van der Waals surface area contributed by atoms with Gasteiger partial charge < -0.3 is 21.1 Å². The number of anilines is 1. The van der Waals surface area contributed by atoms with E-state index >= 15 is 0 Å². The number of hydrogen-bond acceptors (Lipinski definition) is 5. The van der Waals surface area contributed by atoms with E-state index in [0.717, 1.165) is 54.7 Å². The van der Waals surface area contributed by atoms with Crippen molar-refractivity contribution in [2.75, 3.05) is 11.9 Å². The Morgan fingerprint density at radius 2 is 1.53 bits per heavy atom. The average Bonchev–Trinajstić information content (AvgIpc) is 3.05. The van der Waals surface area contributed by atoms with Gasteiger partial charge in [-0.1, -0.05) is 56.9 Å². The largest absolute Gasteiger partial charge is 0.489 e. The molecule has 1 fully saturated rings. The Kier molecular flexibility index (Phi) is 13.0. The molecule has 1 heterocycles. The minimum Gasteiger partial charge on any atom is -0.489 e. The minimum absolute atomic E-state index is 0.0497. The summed E-state index contributed by atoms with van der Waals surface area (Å²) in [6.45, 7) is 3.35. The predicted molar refractivity (Wildman–Crippen MR) is 173 cm³/mol. The summed E-state index contributed by atoms with van der Waals surface area (Å²) in [4.78, 5) is 30.9. The number of hydrogen-bond donors (Lipinski definition) is 3. The molecule has 1 saturated carbocycles. The van der Waals surface area contributed by atoms with E-state index in [1.54, 1.807) is 12.4 Å². The summed E-state index contributed by atoms with van der Waals surface area (Å²) < 4.78 is 5.91. The molecule has 1 atom stereocenters. The van der Waals surface area contributed by atoms with Crippen LogP contribution < -0.4 is 21.1 Å². The number of carbonyl (C=O) groups is 2. The molecule has 7 nitrogen and oxygen atoms in total. The predicted octanol–water partition coefficient (Wildman–Crippen LogP) is 6.60. The highest BCUT2D eigenvalue weighted by Crippen LogP contribution is 2.28. The number of nitrogens with zero attached hydrogens (tertiary/aromatic N) is 1. The number of aromatic nitrogens is 1. The molecule has 1 aromatic heterocycles. The molecule has 3 aromatic rings. The number of rotatable bonds is 16. The van der Waals surface area contributed by atoms with Gasteiger partial charge in [0.15, 0.2) is 0 Å². The van der Waals surface area contributed by atoms with Gasteiger partial charge in [-0.25, -0.2) is 0 Å². The first kappa shape index (κ1) is 32.2. The fourth-order valence-corrected chi connectivity index (χ4v) is 5.68. The maximum Gasteiger partial charge on any atom is 0.247 e. The average molecular weight is 585 g/mol. The molecule has 0 spiro atoms. The van der Waals surface area contributed by atoms with Crippen LogP contribution in [0.4, 0.5) is 5.69 Å². The number of pyridine rings is 1. The van der Waals surface area contributed by atoms with Gasteiger partial charge in [0.05, 0.1) is 0 Å². The van der Waals surface area contributed by atoms with Crippen LogP contribution in [0.25, 0.3) is 0 Å². The number of ether oxygens (including phenoxy) is 1. The van der Waals surface area contributed by atoms with Crippen LogP contribution in [-0.4, -0.2) is 29.4 Å². The second-order valence-electron chi connectivity index (χ2n) is 11.9. The molecule has 43 heavy (non-hydrogen) atoms.